The minimum absolute atomic E-state index is 0.173. The minimum atomic E-state index is -0.417. The van der Waals surface area contributed by atoms with Crippen molar-refractivity contribution in [3.8, 4) is 11.4 Å². The Morgan fingerprint density at radius 3 is 3.00 bits per heavy atom. The average Bonchev–Trinajstić information content (AvgIpc) is 3.28. The summed E-state index contributed by atoms with van der Waals surface area (Å²) in [7, 11) is 0. The van der Waals surface area contributed by atoms with E-state index in [2.05, 4.69) is 43.3 Å². The number of H-pyrrole nitrogens is 1. The fraction of sp³-hybridized carbons (Fsp3) is 0.300. The molecule has 0 spiro atoms. The van der Waals surface area contributed by atoms with Crippen molar-refractivity contribution in [2.24, 2.45) is 0 Å². The van der Waals surface area contributed by atoms with Crippen molar-refractivity contribution in [3.63, 3.8) is 0 Å². The molecule has 142 valence electrons. The van der Waals surface area contributed by atoms with E-state index in [1.165, 1.54) is 23.5 Å². The Balaban J connectivity index is 1.59. The van der Waals surface area contributed by atoms with E-state index in [0.717, 1.165) is 24.8 Å². The minimum Gasteiger partial charge on any atom is -0.365 e. The number of anilines is 1. The predicted molar refractivity (Wildman–Crippen MR) is 104 cm³/mol. The standard InChI is InChI=1S/C20H20FN7/c1-12-9-24-28-18(12)25-17(14-7-15(21)11-22-10-14)26-19(28)27-20(2)5-3-16-13(8-20)4-6-23-16/h4,6-7,9-11,23H,3,5,8H2,1-2H3,(H,25,26,27)/t20-/m0/s1. The molecule has 0 saturated carbocycles. The summed E-state index contributed by atoms with van der Waals surface area (Å²) in [6.07, 6.45) is 9.31. The second-order valence-electron chi connectivity index (χ2n) is 7.67. The molecule has 0 bridgehead atoms. The van der Waals surface area contributed by atoms with Crippen molar-refractivity contribution in [2.45, 2.75) is 38.6 Å². The maximum Gasteiger partial charge on any atom is 0.228 e. The molecule has 0 amide bonds. The van der Waals surface area contributed by atoms with Crippen LogP contribution in [0.15, 0.2) is 36.9 Å². The molecule has 4 aromatic heterocycles. The summed E-state index contributed by atoms with van der Waals surface area (Å²) < 4.78 is 15.4. The third kappa shape index (κ3) is 2.81. The van der Waals surface area contributed by atoms with Crippen LogP contribution in [0.5, 0.6) is 0 Å². The Hall–Kier alpha value is -3.29. The number of rotatable bonds is 3. The number of nitrogens with zero attached hydrogens (tertiary/aromatic N) is 5. The van der Waals surface area contributed by atoms with E-state index in [1.54, 1.807) is 16.9 Å². The zero-order valence-corrected chi connectivity index (χ0v) is 15.7. The normalized spacial score (nSPS) is 19.0. The zero-order chi connectivity index (χ0) is 19.3. The van der Waals surface area contributed by atoms with Gasteiger partial charge in [-0.05, 0) is 50.8 Å². The van der Waals surface area contributed by atoms with Gasteiger partial charge in [-0.1, -0.05) is 0 Å². The number of hydrogen-bond donors (Lipinski definition) is 2. The SMILES string of the molecule is Cc1cnn2c(N[C@@]3(C)CCc4[nH]ccc4C3)nc(-c3cncc(F)c3)nc12. The topological polar surface area (TPSA) is 83.8 Å². The molecule has 0 unspecified atom stereocenters. The van der Waals surface area contributed by atoms with Gasteiger partial charge in [0.15, 0.2) is 11.5 Å². The predicted octanol–water partition coefficient (Wildman–Crippen LogP) is 3.32. The third-order valence-corrected chi connectivity index (χ3v) is 5.36. The monoisotopic (exact) mass is 377 g/mol. The van der Waals surface area contributed by atoms with Crippen molar-refractivity contribution in [1.82, 2.24) is 29.5 Å². The van der Waals surface area contributed by atoms with Gasteiger partial charge in [0.05, 0.1) is 12.4 Å². The van der Waals surface area contributed by atoms with Gasteiger partial charge in [-0.25, -0.2) is 9.37 Å². The number of pyridine rings is 1. The lowest BCUT2D eigenvalue weighted by Crippen LogP contribution is -2.41. The highest BCUT2D eigenvalue weighted by molar-refractivity contribution is 5.61. The highest BCUT2D eigenvalue weighted by Crippen LogP contribution is 2.31. The van der Waals surface area contributed by atoms with E-state index in [1.807, 2.05) is 13.1 Å². The van der Waals surface area contributed by atoms with Gasteiger partial charge in [-0.3, -0.25) is 4.98 Å². The van der Waals surface area contributed by atoms with Crippen LogP contribution in [-0.2, 0) is 12.8 Å². The molecule has 5 rings (SSSR count). The molecule has 7 nitrogen and oxygen atoms in total. The van der Waals surface area contributed by atoms with Crippen LogP contribution in [0.2, 0.25) is 0 Å². The lowest BCUT2D eigenvalue weighted by molar-refractivity contribution is 0.438. The maximum absolute atomic E-state index is 13.7. The van der Waals surface area contributed by atoms with Gasteiger partial charge in [-0.15, -0.1) is 0 Å². The van der Waals surface area contributed by atoms with Crippen LogP contribution >= 0.6 is 0 Å². The van der Waals surface area contributed by atoms with Crippen molar-refractivity contribution in [3.05, 3.63) is 59.6 Å². The highest BCUT2D eigenvalue weighted by Gasteiger charge is 2.32. The first-order chi connectivity index (χ1) is 13.5. The van der Waals surface area contributed by atoms with Gasteiger partial charge in [-0.2, -0.15) is 14.6 Å². The quantitative estimate of drug-likeness (QED) is 0.572. The molecule has 8 heteroatoms. The molecule has 0 aromatic carbocycles. The van der Waals surface area contributed by atoms with Crippen LogP contribution in [0.4, 0.5) is 10.3 Å². The largest absolute Gasteiger partial charge is 0.365 e. The summed E-state index contributed by atoms with van der Waals surface area (Å²) in [6, 6.07) is 3.52. The lowest BCUT2D eigenvalue weighted by Gasteiger charge is -2.35. The number of nitrogens with one attached hydrogen (secondary N) is 2. The summed E-state index contributed by atoms with van der Waals surface area (Å²) in [6.45, 7) is 4.14. The number of aryl methyl sites for hydroxylation is 2. The molecule has 2 N–H and O–H groups in total. The summed E-state index contributed by atoms with van der Waals surface area (Å²) in [5, 5.41) is 8.03. The van der Waals surface area contributed by atoms with Crippen LogP contribution in [0.25, 0.3) is 17.0 Å². The lowest BCUT2D eigenvalue weighted by atomic mass is 9.82. The first-order valence-corrected chi connectivity index (χ1v) is 9.27. The number of aromatic amines is 1. The van der Waals surface area contributed by atoms with Crippen molar-refractivity contribution >= 4 is 11.6 Å². The van der Waals surface area contributed by atoms with Gasteiger partial charge in [0.2, 0.25) is 5.95 Å². The zero-order valence-electron chi connectivity index (χ0n) is 15.7. The molecule has 0 aliphatic heterocycles. The second-order valence-corrected chi connectivity index (χ2v) is 7.67. The number of fused-ring (bicyclic) bond motifs is 2. The summed E-state index contributed by atoms with van der Waals surface area (Å²) >= 11 is 0. The van der Waals surface area contributed by atoms with Gasteiger partial charge >= 0.3 is 0 Å². The summed E-state index contributed by atoms with van der Waals surface area (Å²) in [5.41, 5.74) is 4.60. The molecule has 1 aliphatic carbocycles. The Kier molecular flexibility index (Phi) is 3.68. The molecule has 1 aliphatic rings. The Morgan fingerprint density at radius 1 is 1.25 bits per heavy atom. The van der Waals surface area contributed by atoms with Gasteiger partial charge in [0.25, 0.3) is 0 Å². The van der Waals surface area contributed by atoms with E-state index < -0.39 is 5.82 Å². The van der Waals surface area contributed by atoms with Crippen LogP contribution in [0.1, 0.15) is 30.2 Å². The van der Waals surface area contributed by atoms with Crippen molar-refractivity contribution in [1.29, 1.82) is 0 Å². The first kappa shape index (κ1) is 16.9. The molecule has 28 heavy (non-hydrogen) atoms. The molecule has 4 heterocycles. The number of halogens is 1. The van der Waals surface area contributed by atoms with E-state index in [-0.39, 0.29) is 5.54 Å². The molecule has 4 aromatic rings. The molecule has 0 fully saturated rings. The highest BCUT2D eigenvalue weighted by atomic mass is 19.1. The third-order valence-electron chi connectivity index (χ3n) is 5.36. The van der Waals surface area contributed by atoms with E-state index in [4.69, 9.17) is 0 Å². The van der Waals surface area contributed by atoms with E-state index in [0.29, 0.717) is 23.0 Å². The number of aromatic nitrogens is 6. The smallest absolute Gasteiger partial charge is 0.228 e. The molecular formula is C20H20FN7. The van der Waals surface area contributed by atoms with Gasteiger partial charge < -0.3 is 10.3 Å². The van der Waals surface area contributed by atoms with Gasteiger partial charge in [0, 0.05) is 34.8 Å². The first-order valence-electron chi connectivity index (χ1n) is 9.27. The second kappa shape index (κ2) is 6.12. The Bertz CT molecular complexity index is 1180. The maximum atomic E-state index is 13.7. The Morgan fingerprint density at radius 2 is 2.14 bits per heavy atom. The van der Waals surface area contributed by atoms with E-state index >= 15 is 0 Å². The average molecular weight is 377 g/mol. The van der Waals surface area contributed by atoms with Gasteiger partial charge in [0.1, 0.15) is 5.82 Å². The molecular weight excluding hydrogens is 357 g/mol. The Labute approximate surface area is 161 Å². The van der Waals surface area contributed by atoms with Crippen molar-refractivity contribution < 1.29 is 4.39 Å². The molecule has 1 atom stereocenters. The molecule has 0 radical (unpaired) electrons. The molecule has 0 saturated heterocycles. The van der Waals surface area contributed by atoms with Crippen LogP contribution in [-0.4, -0.2) is 35.1 Å². The van der Waals surface area contributed by atoms with E-state index in [9.17, 15) is 4.39 Å². The van der Waals surface area contributed by atoms with Crippen LogP contribution in [0.3, 0.4) is 0 Å². The van der Waals surface area contributed by atoms with Crippen molar-refractivity contribution in [2.75, 3.05) is 5.32 Å². The summed E-state index contributed by atoms with van der Waals surface area (Å²) in [5.74, 6) is 0.603. The van der Waals surface area contributed by atoms with Crippen LogP contribution in [0, 0.1) is 12.7 Å². The summed E-state index contributed by atoms with van der Waals surface area (Å²) in [4.78, 5) is 16.5. The fourth-order valence-electron chi connectivity index (χ4n) is 3.85. The fourth-order valence-corrected chi connectivity index (χ4v) is 3.85. The number of hydrogen-bond acceptors (Lipinski definition) is 5. The van der Waals surface area contributed by atoms with Crippen LogP contribution < -0.4 is 5.32 Å².